The maximum absolute atomic E-state index is 13.8. The molecular formula is C16H16FNO3. The summed E-state index contributed by atoms with van der Waals surface area (Å²) in [5.74, 6) is -1.83. The zero-order valence-corrected chi connectivity index (χ0v) is 11.8. The molecule has 0 bridgehead atoms. The molecule has 110 valence electrons. The van der Waals surface area contributed by atoms with Gasteiger partial charge in [-0.25, -0.2) is 4.39 Å². The number of phenols is 2. The van der Waals surface area contributed by atoms with E-state index in [4.69, 9.17) is 0 Å². The SMILES string of the molecule is CCN(C(=O)c1c(O)cccc1F)c1cc(O)ccc1C. The van der Waals surface area contributed by atoms with Crippen LogP contribution in [0.1, 0.15) is 22.8 Å². The van der Waals surface area contributed by atoms with Gasteiger partial charge < -0.3 is 15.1 Å². The first-order chi connectivity index (χ1) is 9.95. The summed E-state index contributed by atoms with van der Waals surface area (Å²) in [6, 6.07) is 8.33. The molecule has 0 saturated carbocycles. The van der Waals surface area contributed by atoms with E-state index in [1.807, 2.05) is 0 Å². The van der Waals surface area contributed by atoms with E-state index in [0.717, 1.165) is 11.6 Å². The average Bonchev–Trinajstić information content (AvgIpc) is 2.43. The van der Waals surface area contributed by atoms with Gasteiger partial charge in [-0.3, -0.25) is 4.79 Å². The summed E-state index contributed by atoms with van der Waals surface area (Å²) < 4.78 is 13.8. The van der Waals surface area contributed by atoms with Gasteiger partial charge in [0.05, 0.1) is 5.69 Å². The molecule has 2 aromatic carbocycles. The number of rotatable bonds is 3. The Hall–Kier alpha value is -2.56. The van der Waals surface area contributed by atoms with Crippen LogP contribution >= 0.6 is 0 Å². The number of carbonyl (C=O) groups is 1. The second-order valence-corrected chi connectivity index (χ2v) is 4.65. The van der Waals surface area contributed by atoms with Crippen molar-refractivity contribution in [3.8, 4) is 11.5 Å². The van der Waals surface area contributed by atoms with E-state index < -0.39 is 17.5 Å². The van der Waals surface area contributed by atoms with Crippen molar-refractivity contribution in [1.82, 2.24) is 0 Å². The fraction of sp³-hybridized carbons (Fsp3) is 0.188. The number of phenolic OH excluding ortho intramolecular Hbond substituents is 2. The van der Waals surface area contributed by atoms with Gasteiger partial charge in [-0.2, -0.15) is 0 Å². The van der Waals surface area contributed by atoms with Gasteiger partial charge >= 0.3 is 0 Å². The van der Waals surface area contributed by atoms with Crippen LogP contribution in [0.2, 0.25) is 0 Å². The van der Waals surface area contributed by atoms with Gasteiger partial charge in [-0.15, -0.1) is 0 Å². The molecule has 4 nitrogen and oxygen atoms in total. The monoisotopic (exact) mass is 289 g/mol. The van der Waals surface area contributed by atoms with Crippen molar-refractivity contribution < 1.29 is 19.4 Å². The Bertz CT molecular complexity index is 665. The van der Waals surface area contributed by atoms with E-state index in [1.54, 1.807) is 19.9 Å². The first-order valence-electron chi connectivity index (χ1n) is 6.54. The van der Waals surface area contributed by atoms with Crippen LogP contribution in [0.3, 0.4) is 0 Å². The van der Waals surface area contributed by atoms with Crippen LogP contribution in [0, 0.1) is 12.7 Å². The fourth-order valence-electron chi connectivity index (χ4n) is 2.17. The summed E-state index contributed by atoms with van der Waals surface area (Å²) in [4.78, 5) is 13.8. The van der Waals surface area contributed by atoms with Crippen molar-refractivity contribution in [2.24, 2.45) is 0 Å². The van der Waals surface area contributed by atoms with Crippen LogP contribution in [-0.4, -0.2) is 22.7 Å². The number of benzene rings is 2. The molecule has 21 heavy (non-hydrogen) atoms. The molecule has 0 spiro atoms. The van der Waals surface area contributed by atoms with Gasteiger partial charge in [0.15, 0.2) is 0 Å². The fourth-order valence-corrected chi connectivity index (χ4v) is 2.17. The Morgan fingerprint density at radius 2 is 1.95 bits per heavy atom. The van der Waals surface area contributed by atoms with Gasteiger partial charge in [0.25, 0.3) is 5.91 Å². The molecule has 0 unspecified atom stereocenters. The quantitative estimate of drug-likeness (QED) is 0.912. The third-order valence-corrected chi connectivity index (χ3v) is 3.25. The van der Waals surface area contributed by atoms with Crippen molar-refractivity contribution in [3.05, 3.63) is 53.3 Å². The molecule has 0 fully saturated rings. The largest absolute Gasteiger partial charge is 0.508 e. The topological polar surface area (TPSA) is 60.8 Å². The highest BCUT2D eigenvalue weighted by Crippen LogP contribution is 2.29. The number of aryl methyl sites for hydroxylation is 1. The van der Waals surface area contributed by atoms with Crippen molar-refractivity contribution in [2.45, 2.75) is 13.8 Å². The highest BCUT2D eigenvalue weighted by Gasteiger charge is 2.24. The number of carbonyl (C=O) groups excluding carboxylic acids is 1. The highest BCUT2D eigenvalue weighted by atomic mass is 19.1. The van der Waals surface area contributed by atoms with Crippen LogP contribution < -0.4 is 4.90 Å². The number of hydrogen-bond acceptors (Lipinski definition) is 3. The number of hydrogen-bond donors (Lipinski definition) is 2. The zero-order chi connectivity index (χ0) is 15.6. The predicted molar refractivity (Wildman–Crippen MR) is 78.3 cm³/mol. The Morgan fingerprint density at radius 3 is 2.57 bits per heavy atom. The summed E-state index contributed by atoms with van der Waals surface area (Å²) in [7, 11) is 0. The maximum Gasteiger partial charge on any atom is 0.265 e. The minimum atomic E-state index is -0.781. The predicted octanol–water partition coefficient (Wildman–Crippen LogP) is 3.21. The third kappa shape index (κ3) is 2.81. The minimum absolute atomic E-state index is 0.0135. The Labute approximate surface area is 122 Å². The van der Waals surface area contributed by atoms with Gasteiger partial charge in [-0.1, -0.05) is 12.1 Å². The lowest BCUT2D eigenvalue weighted by Gasteiger charge is -2.23. The first kappa shape index (κ1) is 14.8. The summed E-state index contributed by atoms with van der Waals surface area (Å²) in [5.41, 5.74) is 0.867. The molecule has 2 aromatic rings. The standard InChI is InChI=1S/C16H16FNO3/c1-3-18(13-9-11(19)8-7-10(13)2)16(21)15-12(17)5-4-6-14(15)20/h4-9,19-20H,3H2,1-2H3. The van der Waals surface area contributed by atoms with Crippen molar-refractivity contribution in [1.29, 1.82) is 0 Å². The normalized spacial score (nSPS) is 10.4. The molecule has 0 aliphatic carbocycles. The van der Waals surface area contributed by atoms with Crippen molar-refractivity contribution in [3.63, 3.8) is 0 Å². The number of anilines is 1. The Balaban J connectivity index is 2.51. The van der Waals surface area contributed by atoms with E-state index in [9.17, 15) is 19.4 Å². The second kappa shape index (κ2) is 5.83. The van der Waals surface area contributed by atoms with Gasteiger partial charge in [0.1, 0.15) is 22.9 Å². The lowest BCUT2D eigenvalue weighted by molar-refractivity contribution is 0.0981. The number of amides is 1. The van der Waals surface area contributed by atoms with E-state index in [-0.39, 0.29) is 17.9 Å². The van der Waals surface area contributed by atoms with Crippen LogP contribution in [0.5, 0.6) is 11.5 Å². The zero-order valence-electron chi connectivity index (χ0n) is 11.8. The lowest BCUT2D eigenvalue weighted by Crippen LogP contribution is -2.32. The lowest BCUT2D eigenvalue weighted by atomic mass is 10.1. The number of halogens is 1. The Morgan fingerprint density at radius 1 is 1.24 bits per heavy atom. The molecule has 0 aromatic heterocycles. The van der Waals surface area contributed by atoms with Gasteiger partial charge in [0, 0.05) is 12.6 Å². The summed E-state index contributed by atoms with van der Waals surface area (Å²) in [6.45, 7) is 3.79. The molecule has 2 N–H and O–H groups in total. The first-order valence-corrected chi connectivity index (χ1v) is 6.54. The molecule has 2 rings (SSSR count). The molecular weight excluding hydrogens is 273 g/mol. The van der Waals surface area contributed by atoms with Crippen molar-refractivity contribution in [2.75, 3.05) is 11.4 Å². The molecule has 0 aliphatic heterocycles. The minimum Gasteiger partial charge on any atom is -0.508 e. The smallest absolute Gasteiger partial charge is 0.265 e. The van der Waals surface area contributed by atoms with E-state index in [2.05, 4.69) is 0 Å². The van der Waals surface area contributed by atoms with Crippen LogP contribution in [-0.2, 0) is 0 Å². The molecule has 0 saturated heterocycles. The summed E-state index contributed by atoms with van der Waals surface area (Å²) >= 11 is 0. The summed E-state index contributed by atoms with van der Waals surface area (Å²) in [6.07, 6.45) is 0. The Kier molecular flexibility index (Phi) is 4.12. The van der Waals surface area contributed by atoms with Gasteiger partial charge in [0.2, 0.25) is 0 Å². The van der Waals surface area contributed by atoms with E-state index in [1.165, 1.54) is 29.2 Å². The van der Waals surface area contributed by atoms with Crippen LogP contribution in [0.25, 0.3) is 0 Å². The van der Waals surface area contributed by atoms with E-state index in [0.29, 0.717) is 5.69 Å². The highest BCUT2D eigenvalue weighted by molar-refractivity contribution is 6.08. The van der Waals surface area contributed by atoms with Crippen LogP contribution in [0.4, 0.5) is 10.1 Å². The van der Waals surface area contributed by atoms with Gasteiger partial charge in [-0.05, 0) is 37.6 Å². The van der Waals surface area contributed by atoms with Crippen molar-refractivity contribution >= 4 is 11.6 Å². The molecule has 0 aliphatic rings. The molecule has 0 atom stereocenters. The van der Waals surface area contributed by atoms with E-state index >= 15 is 0 Å². The number of aromatic hydroxyl groups is 2. The maximum atomic E-state index is 13.8. The molecule has 0 radical (unpaired) electrons. The molecule has 5 heteroatoms. The third-order valence-electron chi connectivity index (χ3n) is 3.25. The number of nitrogens with zero attached hydrogens (tertiary/aromatic N) is 1. The molecule has 1 amide bonds. The second-order valence-electron chi connectivity index (χ2n) is 4.65. The van der Waals surface area contributed by atoms with Crippen LogP contribution in [0.15, 0.2) is 36.4 Å². The average molecular weight is 289 g/mol. The molecule has 0 heterocycles. The summed E-state index contributed by atoms with van der Waals surface area (Å²) in [5, 5.41) is 19.3.